The van der Waals surface area contributed by atoms with Crippen LogP contribution in [0.1, 0.15) is 58.8 Å². The van der Waals surface area contributed by atoms with Gasteiger partial charge in [-0.25, -0.2) is 0 Å². The molecule has 0 bridgehead atoms. The van der Waals surface area contributed by atoms with Crippen molar-refractivity contribution in [3.05, 3.63) is 0 Å². The summed E-state index contributed by atoms with van der Waals surface area (Å²) in [6.45, 7) is 7.96. The molecule has 5 rings (SSSR count). The zero-order chi connectivity index (χ0) is 21.2. The van der Waals surface area contributed by atoms with Crippen LogP contribution in [-0.4, -0.2) is 79.0 Å². The first-order valence-electron chi connectivity index (χ1n) is 11.7. The Kier molecular flexibility index (Phi) is 5.03. The molecular formula is C23H37NO6. The summed E-state index contributed by atoms with van der Waals surface area (Å²) in [5.74, 6) is -0.646. The van der Waals surface area contributed by atoms with Crippen molar-refractivity contribution in [2.75, 3.05) is 40.0 Å². The molecule has 1 spiro atoms. The van der Waals surface area contributed by atoms with Crippen LogP contribution in [-0.2, 0) is 23.7 Å². The van der Waals surface area contributed by atoms with Gasteiger partial charge >= 0.3 is 5.97 Å². The number of carbonyl (C=O) groups excluding carboxylic acids is 1. The number of likely N-dealkylation sites (tertiary alicyclic amines) is 1. The van der Waals surface area contributed by atoms with Gasteiger partial charge in [0.05, 0.1) is 30.3 Å². The highest BCUT2D eigenvalue weighted by Crippen LogP contribution is 2.61. The molecule has 2 aliphatic carbocycles. The van der Waals surface area contributed by atoms with Gasteiger partial charge in [-0.05, 0) is 39.0 Å². The minimum absolute atomic E-state index is 0.0398. The zero-order valence-corrected chi connectivity index (χ0v) is 18.7. The van der Waals surface area contributed by atoms with Crippen LogP contribution >= 0.6 is 0 Å². The van der Waals surface area contributed by atoms with E-state index < -0.39 is 17.0 Å². The van der Waals surface area contributed by atoms with E-state index in [1.54, 1.807) is 7.11 Å². The Balaban J connectivity index is 1.32. The Morgan fingerprint density at radius 2 is 1.80 bits per heavy atom. The highest BCUT2D eigenvalue weighted by molar-refractivity contribution is 5.75. The van der Waals surface area contributed by atoms with Gasteiger partial charge in [-0.1, -0.05) is 6.92 Å². The molecule has 170 valence electrons. The summed E-state index contributed by atoms with van der Waals surface area (Å²) in [7, 11) is 1.71. The van der Waals surface area contributed by atoms with Gasteiger partial charge in [0.1, 0.15) is 6.10 Å². The Bertz CT molecular complexity index is 685. The number of piperidine rings is 1. The standard InChI is InChI=1S/C23H37NO6/c1-20-5-4-6-21(2,27-3)23(20,26)13-16-17(19(25)30-18(16)14-20)15-24-9-7-22(8-10-24)28-11-12-29-22/h16-18,26H,4-15H2,1-3H3/t16-,17-,18+,20-,21-,23-/m0/s1. The van der Waals surface area contributed by atoms with Crippen molar-refractivity contribution in [1.82, 2.24) is 4.90 Å². The Hall–Kier alpha value is -0.730. The number of esters is 1. The number of carbonyl (C=O) groups is 1. The summed E-state index contributed by atoms with van der Waals surface area (Å²) >= 11 is 0. The fourth-order valence-electron chi connectivity index (χ4n) is 7.23. The van der Waals surface area contributed by atoms with E-state index in [2.05, 4.69) is 11.8 Å². The highest BCUT2D eigenvalue weighted by Gasteiger charge is 2.67. The summed E-state index contributed by atoms with van der Waals surface area (Å²) in [6, 6.07) is 0. The molecule has 7 nitrogen and oxygen atoms in total. The van der Waals surface area contributed by atoms with Crippen LogP contribution in [0.5, 0.6) is 0 Å². The highest BCUT2D eigenvalue weighted by atomic mass is 16.7. The Morgan fingerprint density at radius 3 is 2.47 bits per heavy atom. The molecule has 7 heteroatoms. The third-order valence-corrected chi connectivity index (χ3v) is 9.34. The van der Waals surface area contributed by atoms with Crippen molar-refractivity contribution >= 4 is 5.97 Å². The maximum absolute atomic E-state index is 12.9. The predicted octanol–water partition coefficient (Wildman–Crippen LogP) is 2.10. The molecule has 6 atom stereocenters. The molecule has 5 fully saturated rings. The van der Waals surface area contributed by atoms with Crippen LogP contribution in [0.2, 0.25) is 0 Å². The molecule has 0 aromatic rings. The van der Waals surface area contributed by atoms with Crippen molar-refractivity contribution < 1.29 is 28.8 Å². The summed E-state index contributed by atoms with van der Waals surface area (Å²) in [4.78, 5) is 15.2. The lowest BCUT2D eigenvalue weighted by Crippen LogP contribution is -2.69. The van der Waals surface area contributed by atoms with Crippen LogP contribution in [0, 0.1) is 17.3 Å². The van der Waals surface area contributed by atoms with E-state index in [1.807, 2.05) is 6.92 Å². The van der Waals surface area contributed by atoms with Crippen molar-refractivity contribution in [2.24, 2.45) is 17.3 Å². The summed E-state index contributed by atoms with van der Waals surface area (Å²) in [6.07, 6.45) is 5.70. The Morgan fingerprint density at radius 1 is 1.10 bits per heavy atom. The van der Waals surface area contributed by atoms with Crippen molar-refractivity contribution in [3.63, 3.8) is 0 Å². The van der Waals surface area contributed by atoms with Crippen molar-refractivity contribution in [2.45, 2.75) is 81.9 Å². The number of nitrogens with zero attached hydrogens (tertiary/aromatic N) is 1. The minimum atomic E-state index is -0.947. The summed E-state index contributed by atoms with van der Waals surface area (Å²) in [5, 5.41) is 12.0. The molecule has 30 heavy (non-hydrogen) atoms. The fourth-order valence-corrected chi connectivity index (χ4v) is 7.23. The van der Waals surface area contributed by atoms with Gasteiger partial charge in [0, 0.05) is 50.9 Å². The molecule has 3 heterocycles. The maximum Gasteiger partial charge on any atom is 0.310 e. The Labute approximate surface area is 179 Å². The fraction of sp³-hybridized carbons (Fsp3) is 0.957. The average Bonchev–Trinajstić information content (AvgIpc) is 3.28. The largest absolute Gasteiger partial charge is 0.462 e. The third kappa shape index (κ3) is 2.99. The SMILES string of the molecule is CO[C@@]1(C)CCC[C@@]2(C)C[C@H]3OC(=O)[C@@H](CN4CCC5(CC4)OCCO5)[C@@H]3C[C@]21O. The first kappa shape index (κ1) is 21.1. The number of rotatable bonds is 3. The monoisotopic (exact) mass is 423 g/mol. The number of aliphatic hydroxyl groups is 1. The van der Waals surface area contributed by atoms with Gasteiger partial charge in [-0.15, -0.1) is 0 Å². The maximum atomic E-state index is 12.9. The van der Waals surface area contributed by atoms with E-state index in [0.717, 1.165) is 51.6 Å². The van der Waals surface area contributed by atoms with Crippen LogP contribution in [0.4, 0.5) is 0 Å². The smallest absolute Gasteiger partial charge is 0.310 e. The predicted molar refractivity (Wildman–Crippen MR) is 109 cm³/mol. The minimum Gasteiger partial charge on any atom is -0.462 e. The van der Waals surface area contributed by atoms with Crippen molar-refractivity contribution in [3.8, 4) is 0 Å². The van der Waals surface area contributed by atoms with Crippen LogP contribution in [0.3, 0.4) is 0 Å². The van der Waals surface area contributed by atoms with E-state index >= 15 is 0 Å². The molecule has 0 amide bonds. The topological polar surface area (TPSA) is 77.5 Å². The van der Waals surface area contributed by atoms with Crippen molar-refractivity contribution in [1.29, 1.82) is 0 Å². The van der Waals surface area contributed by atoms with E-state index in [1.165, 1.54) is 0 Å². The van der Waals surface area contributed by atoms with Gasteiger partial charge in [0.25, 0.3) is 0 Å². The van der Waals surface area contributed by atoms with Gasteiger partial charge < -0.3 is 29.0 Å². The van der Waals surface area contributed by atoms with Gasteiger partial charge in [-0.2, -0.15) is 0 Å². The second kappa shape index (κ2) is 7.14. The quantitative estimate of drug-likeness (QED) is 0.697. The van der Waals surface area contributed by atoms with Gasteiger partial charge in [0.15, 0.2) is 5.79 Å². The number of methoxy groups -OCH3 is 1. The van der Waals surface area contributed by atoms with Crippen LogP contribution in [0.15, 0.2) is 0 Å². The summed E-state index contributed by atoms with van der Waals surface area (Å²) in [5.41, 5.74) is -1.82. The van der Waals surface area contributed by atoms with E-state index in [-0.39, 0.29) is 29.3 Å². The normalized spacial score (nSPS) is 48.4. The molecule has 2 saturated carbocycles. The molecule has 5 aliphatic rings. The number of hydrogen-bond donors (Lipinski definition) is 1. The number of hydrogen-bond acceptors (Lipinski definition) is 7. The molecule has 0 radical (unpaired) electrons. The average molecular weight is 424 g/mol. The number of ether oxygens (including phenoxy) is 4. The lowest BCUT2D eigenvalue weighted by atomic mass is 9.49. The zero-order valence-electron chi connectivity index (χ0n) is 18.7. The molecule has 0 aromatic carbocycles. The number of fused-ring (bicyclic) bond motifs is 2. The molecular weight excluding hydrogens is 386 g/mol. The molecule has 0 aromatic heterocycles. The molecule has 3 saturated heterocycles. The second-order valence-electron chi connectivity index (χ2n) is 10.8. The van der Waals surface area contributed by atoms with E-state index in [4.69, 9.17) is 18.9 Å². The van der Waals surface area contributed by atoms with E-state index in [9.17, 15) is 9.90 Å². The lowest BCUT2D eigenvalue weighted by Gasteiger charge is -2.62. The van der Waals surface area contributed by atoms with Gasteiger partial charge in [-0.3, -0.25) is 4.79 Å². The van der Waals surface area contributed by atoms with Crippen LogP contribution in [0.25, 0.3) is 0 Å². The van der Waals surface area contributed by atoms with E-state index in [0.29, 0.717) is 26.2 Å². The molecule has 1 N–H and O–H groups in total. The first-order chi connectivity index (χ1) is 14.2. The molecule has 0 unspecified atom stereocenters. The first-order valence-corrected chi connectivity index (χ1v) is 11.7. The van der Waals surface area contributed by atoms with Gasteiger partial charge in [0.2, 0.25) is 0 Å². The third-order valence-electron chi connectivity index (χ3n) is 9.34. The lowest BCUT2D eigenvalue weighted by molar-refractivity contribution is -0.270. The molecule has 3 aliphatic heterocycles. The summed E-state index contributed by atoms with van der Waals surface area (Å²) < 4.78 is 23.5. The second-order valence-corrected chi connectivity index (χ2v) is 10.8. The van der Waals surface area contributed by atoms with Crippen LogP contribution < -0.4 is 0 Å².